The molecule has 0 aliphatic rings. The molecule has 2 amide bonds. The Morgan fingerprint density at radius 3 is 2.79 bits per heavy atom. The van der Waals surface area contributed by atoms with E-state index in [0.29, 0.717) is 16.5 Å². The Balaban J connectivity index is 1.77. The molecule has 0 bridgehead atoms. The summed E-state index contributed by atoms with van der Waals surface area (Å²) in [7, 11) is 0. The van der Waals surface area contributed by atoms with Crippen LogP contribution in [0.2, 0.25) is 0 Å². The molecule has 0 fully saturated rings. The maximum Gasteiger partial charge on any atom is 0.252 e. The van der Waals surface area contributed by atoms with E-state index in [9.17, 15) is 14.7 Å². The second-order valence-corrected chi connectivity index (χ2v) is 4.96. The second-order valence-electron chi connectivity index (χ2n) is 4.96. The standard InChI is InChI=1S/C16H14N4O4/c21-9-13(16(23)19-14-6-8-24-20-14)18-15(22)11-5-7-17-12-4-2-1-3-10(11)12/h1-8,13,21H,9H2,(H,18,22)(H,19,20,23). The quantitative estimate of drug-likeness (QED) is 0.642. The number of rotatable bonds is 5. The average Bonchev–Trinajstić information content (AvgIpc) is 3.11. The molecule has 0 radical (unpaired) electrons. The van der Waals surface area contributed by atoms with E-state index < -0.39 is 24.5 Å². The van der Waals surface area contributed by atoms with Crippen LogP contribution in [-0.2, 0) is 4.79 Å². The molecule has 3 N–H and O–H groups in total. The first-order valence-corrected chi connectivity index (χ1v) is 7.16. The van der Waals surface area contributed by atoms with Crippen molar-refractivity contribution < 1.29 is 19.2 Å². The van der Waals surface area contributed by atoms with Crippen molar-refractivity contribution in [1.29, 1.82) is 0 Å². The number of aliphatic hydroxyl groups excluding tert-OH is 1. The molecule has 1 atom stereocenters. The average molecular weight is 326 g/mol. The van der Waals surface area contributed by atoms with Gasteiger partial charge in [-0.2, -0.15) is 0 Å². The first-order chi connectivity index (χ1) is 11.7. The van der Waals surface area contributed by atoms with Crippen molar-refractivity contribution in [3.05, 3.63) is 54.4 Å². The van der Waals surface area contributed by atoms with Gasteiger partial charge in [0.25, 0.3) is 11.8 Å². The van der Waals surface area contributed by atoms with Gasteiger partial charge in [0.2, 0.25) is 0 Å². The summed E-state index contributed by atoms with van der Waals surface area (Å²) >= 11 is 0. The Morgan fingerprint density at radius 1 is 1.21 bits per heavy atom. The molecular weight excluding hydrogens is 312 g/mol. The SMILES string of the molecule is O=C(NC(CO)C(=O)Nc1ccon1)c1ccnc2ccccc12. The second kappa shape index (κ2) is 6.88. The number of nitrogens with zero attached hydrogens (tertiary/aromatic N) is 2. The van der Waals surface area contributed by atoms with Gasteiger partial charge in [0, 0.05) is 17.6 Å². The summed E-state index contributed by atoms with van der Waals surface area (Å²) in [5, 5.41) is 18.5. The summed E-state index contributed by atoms with van der Waals surface area (Å²) in [4.78, 5) is 28.7. The minimum atomic E-state index is -1.12. The number of fused-ring (bicyclic) bond motifs is 1. The van der Waals surface area contributed by atoms with E-state index in [4.69, 9.17) is 0 Å². The number of nitrogens with one attached hydrogen (secondary N) is 2. The van der Waals surface area contributed by atoms with Crippen molar-refractivity contribution in [2.75, 3.05) is 11.9 Å². The van der Waals surface area contributed by atoms with Crippen molar-refractivity contribution in [2.45, 2.75) is 6.04 Å². The fourth-order valence-electron chi connectivity index (χ4n) is 2.21. The topological polar surface area (TPSA) is 117 Å². The van der Waals surface area contributed by atoms with Crippen LogP contribution < -0.4 is 10.6 Å². The zero-order valence-corrected chi connectivity index (χ0v) is 12.5. The Labute approximate surface area is 136 Å². The minimum Gasteiger partial charge on any atom is -0.394 e. The lowest BCUT2D eigenvalue weighted by atomic mass is 10.1. The largest absolute Gasteiger partial charge is 0.394 e. The fraction of sp³-hybridized carbons (Fsp3) is 0.125. The summed E-state index contributed by atoms with van der Waals surface area (Å²) < 4.78 is 4.61. The first kappa shape index (κ1) is 15.6. The van der Waals surface area contributed by atoms with Crippen molar-refractivity contribution in [1.82, 2.24) is 15.5 Å². The van der Waals surface area contributed by atoms with E-state index in [1.54, 1.807) is 24.3 Å². The summed E-state index contributed by atoms with van der Waals surface area (Å²) in [6.07, 6.45) is 2.81. The Bertz CT molecular complexity index is 858. The van der Waals surface area contributed by atoms with E-state index in [2.05, 4.69) is 25.3 Å². The van der Waals surface area contributed by atoms with E-state index >= 15 is 0 Å². The van der Waals surface area contributed by atoms with Crippen LogP contribution in [0.1, 0.15) is 10.4 Å². The number of para-hydroxylation sites is 1. The highest BCUT2D eigenvalue weighted by Crippen LogP contribution is 2.16. The molecule has 122 valence electrons. The number of carbonyl (C=O) groups is 2. The molecule has 8 heteroatoms. The summed E-state index contributed by atoms with van der Waals surface area (Å²) in [5.41, 5.74) is 1.03. The zero-order chi connectivity index (χ0) is 16.9. The van der Waals surface area contributed by atoms with Crippen LogP contribution >= 0.6 is 0 Å². The molecule has 2 aromatic heterocycles. The van der Waals surface area contributed by atoms with Crippen molar-refractivity contribution in [2.24, 2.45) is 0 Å². The molecule has 8 nitrogen and oxygen atoms in total. The number of hydrogen-bond acceptors (Lipinski definition) is 6. The molecule has 0 aliphatic heterocycles. The Morgan fingerprint density at radius 2 is 2.04 bits per heavy atom. The predicted octanol–water partition coefficient (Wildman–Crippen LogP) is 0.952. The Kier molecular flexibility index (Phi) is 4.48. The molecule has 0 saturated heterocycles. The van der Waals surface area contributed by atoms with Crippen LogP contribution in [0, 0.1) is 0 Å². The van der Waals surface area contributed by atoms with E-state index in [1.807, 2.05) is 6.07 Å². The van der Waals surface area contributed by atoms with Gasteiger partial charge in [-0.15, -0.1) is 0 Å². The normalized spacial score (nSPS) is 11.9. The number of aromatic nitrogens is 2. The maximum absolute atomic E-state index is 12.5. The molecule has 3 aromatic rings. The van der Waals surface area contributed by atoms with Gasteiger partial charge in [0.1, 0.15) is 12.3 Å². The summed E-state index contributed by atoms with van der Waals surface area (Å²) in [5.74, 6) is -0.886. The van der Waals surface area contributed by atoms with Gasteiger partial charge in [0.05, 0.1) is 17.7 Å². The van der Waals surface area contributed by atoms with Gasteiger partial charge in [-0.3, -0.25) is 14.6 Å². The predicted molar refractivity (Wildman–Crippen MR) is 85.2 cm³/mol. The van der Waals surface area contributed by atoms with E-state index in [-0.39, 0.29) is 5.82 Å². The molecule has 0 spiro atoms. The number of amides is 2. The van der Waals surface area contributed by atoms with Crippen LogP contribution in [0.4, 0.5) is 5.82 Å². The molecule has 24 heavy (non-hydrogen) atoms. The van der Waals surface area contributed by atoms with Gasteiger partial charge >= 0.3 is 0 Å². The third-order valence-corrected chi connectivity index (χ3v) is 3.39. The lowest BCUT2D eigenvalue weighted by Gasteiger charge is -2.15. The minimum absolute atomic E-state index is 0.196. The van der Waals surface area contributed by atoms with E-state index in [0.717, 1.165) is 0 Å². The van der Waals surface area contributed by atoms with Crippen LogP contribution in [0.25, 0.3) is 10.9 Å². The number of aliphatic hydroxyl groups is 1. The molecule has 0 aliphatic carbocycles. The molecule has 0 saturated carbocycles. The van der Waals surface area contributed by atoms with Gasteiger partial charge in [-0.05, 0) is 12.1 Å². The van der Waals surface area contributed by atoms with Crippen molar-refractivity contribution >= 4 is 28.5 Å². The molecule has 3 rings (SSSR count). The highest BCUT2D eigenvalue weighted by Gasteiger charge is 2.22. The summed E-state index contributed by atoms with van der Waals surface area (Å²) in [6.45, 7) is -0.557. The number of benzene rings is 1. The molecule has 2 heterocycles. The molecule has 1 aromatic carbocycles. The lowest BCUT2D eigenvalue weighted by Crippen LogP contribution is -2.46. The maximum atomic E-state index is 12.5. The fourth-order valence-corrected chi connectivity index (χ4v) is 2.21. The zero-order valence-electron chi connectivity index (χ0n) is 12.5. The summed E-state index contributed by atoms with van der Waals surface area (Å²) in [6, 6.07) is 9.04. The van der Waals surface area contributed by atoms with Gasteiger partial charge < -0.3 is 20.3 Å². The van der Waals surface area contributed by atoms with Crippen molar-refractivity contribution in [3.8, 4) is 0 Å². The lowest BCUT2D eigenvalue weighted by molar-refractivity contribution is -0.118. The molecular formula is C16H14N4O4. The third kappa shape index (κ3) is 3.23. The highest BCUT2D eigenvalue weighted by atomic mass is 16.5. The van der Waals surface area contributed by atoms with Crippen LogP contribution in [0.5, 0.6) is 0 Å². The van der Waals surface area contributed by atoms with Crippen molar-refractivity contribution in [3.63, 3.8) is 0 Å². The van der Waals surface area contributed by atoms with Crippen LogP contribution in [0.3, 0.4) is 0 Å². The van der Waals surface area contributed by atoms with Gasteiger partial charge in [-0.1, -0.05) is 23.4 Å². The highest BCUT2D eigenvalue weighted by molar-refractivity contribution is 6.08. The monoisotopic (exact) mass is 326 g/mol. The van der Waals surface area contributed by atoms with Crippen LogP contribution in [-0.4, -0.2) is 39.7 Å². The smallest absolute Gasteiger partial charge is 0.252 e. The third-order valence-electron chi connectivity index (χ3n) is 3.39. The number of carbonyl (C=O) groups excluding carboxylic acids is 2. The van der Waals surface area contributed by atoms with E-state index in [1.165, 1.54) is 18.5 Å². The van der Waals surface area contributed by atoms with Crippen LogP contribution in [0.15, 0.2) is 53.4 Å². The van der Waals surface area contributed by atoms with Gasteiger partial charge in [-0.25, -0.2) is 0 Å². The number of anilines is 1. The first-order valence-electron chi connectivity index (χ1n) is 7.16. The number of pyridine rings is 1. The number of hydrogen-bond donors (Lipinski definition) is 3. The Hall–Kier alpha value is -3.26. The van der Waals surface area contributed by atoms with Gasteiger partial charge in [0.15, 0.2) is 5.82 Å². The molecule has 1 unspecified atom stereocenters.